The Morgan fingerprint density at radius 1 is 0.974 bits per heavy atom. The molecule has 39 heavy (non-hydrogen) atoms. The maximum Gasteiger partial charge on any atom is 0.307 e. The van der Waals surface area contributed by atoms with Crippen LogP contribution >= 0.6 is 11.7 Å². The lowest BCUT2D eigenvalue weighted by Gasteiger charge is -2.31. The van der Waals surface area contributed by atoms with Crippen molar-refractivity contribution in [2.24, 2.45) is 5.92 Å². The summed E-state index contributed by atoms with van der Waals surface area (Å²) in [5.41, 5.74) is 1.86. The molecule has 0 bridgehead atoms. The third-order valence-electron chi connectivity index (χ3n) is 6.26. The van der Waals surface area contributed by atoms with Crippen LogP contribution in [0.5, 0.6) is 5.88 Å². The summed E-state index contributed by atoms with van der Waals surface area (Å²) in [4.78, 5) is 14.7. The second-order valence-corrected chi connectivity index (χ2v) is 11.0. The Kier molecular flexibility index (Phi) is 24.3. The van der Waals surface area contributed by atoms with Crippen molar-refractivity contribution >= 4 is 23.3 Å². The normalized spacial score (nSPS) is 12.3. The van der Waals surface area contributed by atoms with Crippen LogP contribution in [0, 0.1) is 12.3 Å². The second kappa shape index (κ2) is 25.3. The van der Waals surface area contributed by atoms with E-state index in [1.165, 1.54) is 63.1 Å². The lowest BCUT2D eigenvalue weighted by molar-refractivity contribution is -0.162. The average molecular weight is 569 g/mol. The van der Waals surface area contributed by atoms with Gasteiger partial charge in [-0.3, -0.25) is 9.69 Å². The van der Waals surface area contributed by atoms with Gasteiger partial charge >= 0.3 is 5.97 Å². The SMILES string of the molecule is COC.C[CH+]C/C=C(\CN(C)C(OC(=O)CCCCCCCCC)C(C)C)c1nsnc1OCCCCCC. The van der Waals surface area contributed by atoms with Gasteiger partial charge in [-0.05, 0) is 31.5 Å². The number of ether oxygens (including phenoxy) is 3. The zero-order valence-electron chi connectivity index (χ0n) is 26.3. The molecule has 0 radical (unpaired) electrons. The molecule has 226 valence electrons. The van der Waals surface area contributed by atoms with Gasteiger partial charge in [0.25, 0.3) is 5.88 Å². The van der Waals surface area contributed by atoms with E-state index in [0.717, 1.165) is 37.0 Å². The Balaban J connectivity index is 0.00000458. The van der Waals surface area contributed by atoms with Crippen LogP contribution in [-0.2, 0) is 14.3 Å². The van der Waals surface area contributed by atoms with Crippen molar-refractivity contribution in [2.75, 3.05) is 34.4 Å². The number of allylic oxidation sites excluding steroid dienone is 1. The lowest BCUT2D eigenvalue weighted by Crippen LogP contribution is -2.40. The Morgan fingerprint density at radius 3 is 2.15 bits per heavy atom. The predicted octanol–water partition coefficient (Wildman–Crippen LogP) is 8.36. The smallest absolute Gasteiger partial charge is 0.307 e. The van der Waals surface area contributed by atoms with Gasteiger partial charge < -0.3 is 14.2 Å². The summed E-state index contributed by atoms with van der Waals surface area (Å²) in [6.07, 6.45) is 18.3. The van der Waals surface area contributed by atoms with Crippen molar-refractivity contribution < 1.29 is 19.0 Å². The van der Waals surface area contributed by atoms with Gasteiger partial charge in [-0.15, -0.1) is 4.37 Å². The zero-order valence-corrected chi connectivity index (χ0v) is 27.1. The number of hydrogen-bond acceptors (Lipinski definition) is 8. The molecule has 0 aliphatic carbocycles. The molecule has 0 aliphatic heterocycles. The zero-order chi connectivity index (χ0) is 29.3. The molecule has 1 heterocycles. The van der Waals surface area contributed by atoms with Crippen LogP contribution in [0.2, 0.25) is 0 Å². The molecule has 0 aromatic carbocycles. The van der Waals surface area contributed by atoms with Crippen molar-refractivity contribution in [3.63, 3.8) is 0 Å². The lowest BCUT2D eigenvalue weighted by atomic mass is 10.1. The Morgan fingerprint density at radius 2 is 1.56 bits per heavy atom. The summed E-state index contributed by atoms with van der Waals surface area (Å²) in [5, 5.41) is 0. The second-order valence-electron chi connectivity index (χ2n) is 10.5. The van der Waals surface area contributed by atoms with Crippen molar-refractivity contribution in [3.8, 4) is 5.88 Å². The Labute approximate surface area is 244 Å². The summed E-state index contributed by atoms with van der Waals surface area (Å²) in [6, 6.07) is 0. The van der Waals surface area contributed by atoms with E-state index in [0.29, 0.717) is 25.5 Å². The summed E-state index contributed by atoms with van der Waals surface area (Å²) in [7, 11) is 5.26. The van der Waals surface area contributed by atoms with Crippen molar-refractivity contribution in [2.45, 2.75) is 124 Å². The van der Waals surface area contributed by atoms with Gasteiger partial charge in [-0.1, -0.05) is 85.5 Å². The van der Waals surface area contributed by atoms with Crippen molar-refractivity contribution in [1.29, 1.82) is 0 Å². The van der Waals surface area contributed by atoms with E-state index >= 15 is 0 Å². The first-order valence-corrected chi connectivity index (χ1v) is 15.8. The van der Waals surface area contributed by atoms with E-state index in [4.69, 9.17) is 9.47 Å². The topological polar surface area (TPSA) is 73.8 Å². The number of nitrogens with zero attached hydrogens (tertiary/aromatic N) is 3. The van der Waals surface area contributed by atoms with Gasteiger partial charge in [0, 0.05) is 33.1 Å². The predicted molar refractivity (Wildman–Crippen MR) is 165 cm³/mol. The molecule has 0 saturated carbocycles. The molecule has 0 amide bonds. The average Bonchev–Trinajstić information content (AvgIpc) is 3.37. The number of hydrogen-bond donors (Lipinski definition) is 0. The molecule has 1 atom stereocenters. The first-order valence-electron chi connectivity index (χ1n) is 15.1. The summed E-state index contributed by atoms with van der Waals surface area (Å²) in [6.45, 7) is 11.9. The number of esters is 1. The summed E-state index contributed by atoms with van der Waals surface area (Å²) >= 11 is 1.19. The molecule has 7 nitrogen and oxygen atoms in total. The van der Waals surface area contributed by atoms with E-state index in [-0.39, 0.29) is 18.1 Å². The van der Waals surface area contributed by atoms with Crippen LogP contribution in [0.4, 0.5) is 0 Å². The highest BCUT2D eigenvalue weighted by Gasteiger charge is 2.26. The number of carbonyl (C=O) groups excluding carboxylic acids is 1. The first kappa shape index (κ1) is 37.4. The van der Waals surface area contributed by atoms with Crippen LogP contribution in [0.25, 0.3) is 5.57 Å². The van der Waals surface area contributed by atoms with Crippen LogP contribution in [0.1, 0.15) is 124 Å². The van der Waals surface area contributed by atoms with E-state index in [1.807, 2.05) is 14.0 Å². The number of likely N-dealkylation sites (N-methyl/N-ethyl adjacent to an activating group) is 1. The summed E-state index contributed by atoms with van der Waals surface area (Å²) in [5.74, 6) is 0.687. The molecule has 1 aromatic rings. The molecule has 0 spiro atoms. The fraction of sp³-hybridized carbons (Fsp3) is 0.806. The monoisotopic (exact) mass is 568 g/mol. The highest BCUT2D eigenvalue weighted by Crippen LogP contribution is 2.27. The van der Waals surface area contributed by atoms with Gasteiger partial charge in [-0.25, -0.2) is 0 Å². The van der Waals surface area contributed by atoms with E-state index < -0.39 is 0 Å². The van der Waals surface area contributed by atoms with Crippen molar-refractivity contribution in [3.05, 3.63) is 18.2 Å². The van der Waals surface area contributed by atoms with Gasteiger partial charge in [-0.2, -0.15) is 4.37 Å². The van der Waals surface area contributed by atoms with Crippen LogP contribution in [0.15, 0.2) is 6.08 Å². The van der Waals surface area contributed by atoms with Gasteiger partial charge in [0.1, 0.15) is 12.1 Å². The molecule has 0 fully saturated rings. The fourth-order valence-corrected chi connectivity index (χ4v) is 4.71. The minimum absolute atomic E-state index is 0.104. The van der Waals surface area contributed by atoms with Gasteiger partial charge in [0.05, 0.1) is 31.7 Å². The van der Waals surface area contributed by atoms with Crippen LogP contribution < -0.4 is 4.74 Å². The summed E-state index contributed by atoms with van der Waals surface area (Å²) < 4.78 is 25.2. The minimum Gasteiger partial charge on any atom is -0.475 e. The Bertz CT molecular complexity index is 739. The third kappa shape index (κ3) is 18.4. The number of aromatic nitrogens is 2. The third-order valence-corrected chi connectivity index (χ3v) is 6.77. The van der Waals surface area contributed by atoms with E-state index in [1.54, 1.807) is 14.2 Å². The molecule has 0 saturated heterocycles. The van der Waals surface area contributed by atoms with Crippen LogP contribution in [0.3, 0.4) is 0 Å². The van der Waals surface area contributed by atoms with Crippen molar-refractivity contribution in [1.82, 2.24) is 13.6 Å². The minimum atomic E-state index is -0.291. The largest absolute Gasteiger partial charge is 0.475 e. The van der Waals surface area contributed by atoms with E-state index in [9.17, 15) is 4.79 Å². The quantitative estimate of drug-likeness (QED) is 0.0602. The van der Waals surface area contributed by atoms with Gasteiger partial charge in [0.15, 0.2) is 6.23 Å². The Hall–Kier alpha value is -1.64. The molecule has 1 aromatic heterocycles. The molecule has 1 rings (SSSR count). The van der Waals surface area contributed by atoms with E-state index in [2.05, 4.69) is 58.6 Å². The maximum atomic E-state index is 12.6. The molecule has 1 unspecified atom stereocenters. The molecule has 0 aliphatic rings. The highest BCUT2D eigenvalue weighted by molar-refractivity contribution is 6.99. The first-order chi connectivity index (χ1) is 18.9. The van der Waals surface area contributed by atoms with Crippen LogP contribution in [-0.4, -0.2) is 60.3 Å². The molecular weight excluding hydrogens is 510 g/mol. The fourth-order valence-electron chi connectivity index (χ4n) is 4.18. The maximum absolute atomic E-state index is 12.6. The number of unbranched alkanes of at least 4 members (excludes halogenated alkanes) is 10. The highest BCUT2D eigenvalue weighted by atomic mass is 32.1. The molecule has 0 N–H and O–H groups in total. The molecule has 8 heteroatoms. The number of methoxy groups -OCH3 is 1. The standard InChI is InChI=1S/C29H52N3O3S.C2H6O/c1-7-10-13-15-16-17-18-21-26(33)35-29(24(4)5)32(6)23-25(20-12-9-3)27-28(31-36-30-27)34-22-19-14-11-8-2;1-3-2/h9,20,24,29H,7-8,10-19,21-23H2,1-6H3;1-2H3/q+1;/b25-20+;. The number of rotatable bonds is 22. The number of carbonyl (C=O) groups is 1. The molecular formula is C31H58N3O4S+. The van der Waals surface area contributed by atoms with Gasteiger partial charge in [0.2, 0.25) is 0 Å².